The third-order valence-corrected chi connectivity index (χ3v) is 5.59. The van der Waals surface area contributed by atoms with Crippen LogP contribution in [0.3, 0.4) is 0 Å². The molecule has 2 heterocycles. The molecular weight excluding hydrogens is 381 g/mol. The molecule has 5 nitrogen and oxygen atoms in total. The van der Waals surface area contributed by atoms with Gasteiger partial charge in [0.05, 0.1) is 0 Å². The van der Waals surface area contributed by atoms with Crippen LogP contribution >= 0.6 is 11.6 Å². The average Bonchev–Trinajstić information content (AvgIpc) is 3.11. The summed E-state index contributed by atoms with van der Waals surface area (Å²) >= 11 is 5.91. The van der Waals surface area contributed by atoms with Crippen molar-refractivity contribution in [2.45, 2.75) is 37.5 Å². The first kappa shape index (κ1) is 18.9. The minimum absolute atomic E-state index is 0.00255. The second-order valence-electron chi connectivity index (χ2n) is 7.34. The van der Waals surface area contributed by atoms with Crippen molar-refractivity contribution in [2.24, 2.45) is 0 Å². The van der Waals surface area contributed by atoms with E-state index in [0.29, 0.717) is 31.0 Å². The van der Waals surface area contributed by atoms with Gasteiger partial charge in [-0.3, -0.25) is 9.59 Å². The number of fused-ring (bicyclic) bond motifs is 1. The standard InChI is InChI=1S/C21H21ClFN3O2/c22-15-6-4-13(5-7-15)9-18-21(28)26-12-17(10-19(26)20(27)25-18)24-11-14-2-1-3-16(23)8-14/h1-8,17-19,24H,9-12H2,(H,25,27)/t17-,18-,19-/m0/s1. The van der Waals surface area contributed by atoms with E-state index in [2.05, 4.69) is 10.6 Å². The Kier molecular flexibility index (Phi) is 5.33. The van der Waals surface area contributed by atoms with E-state index in [1.54, 1.807) is 23.1 Å². The van der Waals surface area contributed by atoms with Gasteiger partial charge in [-0.1, -0.05) is 35.9 Å². The van der Waals surface area contributed by atoms with Gasteiger partial charge in [-0.05, 0) is 41.8 Å². The van der Waals surface area contributed by atoms with E-state index in [1.165, 1.54) is 12.1 Å². The Bertz CT molecular complexity index is 889. The minimum atomic E-state index is -0.563. The van der Waals surface area contributed by atoms with Gasteiger partial charge in [0.2, 0.25) is 11.8 Å². The maximum atomic E-state index is 13.3. The maximum absolute atomic E-state index is 13.3. The molecule has 0 spiro atoms. The Labute approximate surface area is 167 Å². The van der Waals surface area contributed by atoms with Gasteiger partial charge in [0, 0.05) is 30.6 Å². The summed E-state index contributed by atoms with van der Waals surface area (Å²) in [7, 11) is 0. The zero-order chi connectivity index (χ0) is 19.7. The highest BCUT2D eigenvalue weighted by atomic mass is 35.5. The summed E-state index contributed by atoms with van der Waals surface area (Å²) in [6.45, 7) is 0.969. The van der Waals surface area contributed by atoms with Crippen LogP contribution in [-0.2, 0) is 22.6 Å². The second-order valence-corrected chi connectivity index (χ2v) is 7.78. The number of carbonyl (C=O) groups excluding carboxylic acids is 2. The zero-order valence-corrected chi connectivity index (χ0v) is 16.0. The van der Waals surface area contributed by atoms with Gasteiger partial charge in [0.1, 0.15) is 17.9 Å². The highest BCUT2D eigenvalue weighted by Gasteiger charge is 2.46. The first-order valence-electron chi connectivity index (χ1n) is 9.33. The normalized spacial score (nSPS) is 24.2. The lowest BCUT2D eigenvalue weighted by Crippen LogP contribution is -2.61. The van der Waals surface area contributed by atoms with E-state index in [-0.39, 0.29) is 23.7 Å². The van der Waals surface area contributed by atoms with Gasteiger partial charge in [-0.25, -0.2) is 4.39 Å². The van der Waals surface area contributed by atoms with Crippen molar-refractivity contribution in [1.29, 1.82) is 0 Å². The molecule has 0 aromatic heterocycles. The van der Waals surface area contributed by atoms with Crippen LogP contribution in [-0.4, -0.2) is 41.4 Å². The van der Waals surface area contributed by atoms with Crippen LogP contribution in [0.15, 0.2) is 48.5 Å². The number of nitrogens with one attached hydrogen (secondary N) is 2. The monoisotopic (exact) mass is 401 g/mol. The average molecular weight is 402 g/mol. The first-order chi connectivity index (χ1) is 13.5. The van der Waals surface area contributed by atoms with Crippen LogP contribution in [0, 0.1) is 5.82 Å². The largest absolute Gasteiger partial charge is 0.342 e. The number of hydrogen-bond acceptors (Lipinski definition) is 3. The number of carbonyl (C=O) groups is 2. The summed E-state index contributed by atoms with van der Waals surface area (Å²) in [5, 5.41) is 6.83. The molecule has 0 saturated carbocycles. The van der Waals surface area contributed by atoms with E-state index in [9.17, 15) is 14.0 Å². The summed E-state index contributed by atoms with van der Waals surface area (Å²) in [5.41, 5.74) is 1.78. The Morgan fingerprint density at radius 2 is 1.93 bits per heavy atom. The number of hydrogen-bond donors (Lipinski definition) is 2. The quantitative estimate of drug-likeness (QED) is 0.808. The highest BCUT2D eigenvalue weighted by Crippen LogP contribution is 2.24. The number of nitrogens with zero attached hydrogens (tertiary/aromatic N) is 1. The molecule has 2 aliphatic rings. The van der Waals surface area contributed by atoms with Crippen molar-refractivity contribution >= 4 is 23.4 Å². The van der Waals surface area contributed by atoms with Crippen LogP contribution in [0.2, 0.25) is 5.02 Å². The summed E-state index contributed by atoms with van der Waals surface area (Å²) in [6.07, 6.45) is 0.993. The second kappa shape index (κ2) is 7.89. The molecule has 0 unspecified atom stereocenters. The fourth-order valence-corrected chi connectivity index (χ4v) is 4.04. The number of amides is 2. The molecule has 3 atom stereocenters. The highest BCUT2D eigenvalue weighted by molar-refractivity contribution is 6.30. The van der Waals surface area contributed by atoms with Crippen molar-refractivity contribution in [2.75, 3.05) is 6.54 Å². The molecule has 28 heavy (non-hydrogen) atoms. The molecule has 0 bridgehead atoms. The van der Waals surface area contributed by atoms with Gasteiger partial charge in [0.25, 0.3) is 0 Å². The molecular formula is C21H21ClFN3O2. The van der Waals surface area contributed by atoms with Gasteiger partial charge in [-0.2, -0.15) is 0 Å². The van der Waals surface area contributed by atoms with Crippen LogP contribution in [0.5, 0.6) is 0 Å². The molecule has 2 N–H and O–H groups in total. The Hall–Kier alpha value is -2.44. The van der Waals surface area contributed by atoms with E-state index < -0.39 is 12.1 Å². The molecule has 2 amide bonds. The Morgan fingerprint density at radius 1 is 1.14 bits per heavy atom. The van der Waals surface area contributed by atoms with Crippen molar-refractivity contribution in [1.82, 2.24) is 15.5 Å². The molecule has 146 valence electrons. The van der Waals surface area contributed by atoms with Gasteiger partial charge >= 0.3 is 0 Å². The summed E-state index contributed by atoms with van der Waals surface area (Å²) in [6, 6.07) is 12.7. The summed E-state index contributed by atoms with van der Waals surface area (Å²) < 4.78 is 13.3. The van der Waals surface area contributed by atoms with Crippen molar-refractivity contribution in [3.05, 3.63) is 70.5 Å². The predicted octanol–water partition coefficient (Wildman–Crippen LogP) is 2.28. The third kappa shape index (κ3) is 4.03. The molecule has 2 aromatic carbocycles. The number of halogens is 2. The molecule has 7 heteroatoms. The van der Waals surface area contributed by atoms with Gasteiger partial charge < -0.3 is 15.5 Å². The van der Waals surface area contributed by atoms with Crippen molar-refractivity contribution in [3.63, 3.8) is 0 Å². The molecule has 2 aromatic rings. The van der Waals surface area contributed by atoms with Crippen LogP contribution in [0.25, 0.3) is 0 Å². The number of piperazine rings is 1. The van der Waals surface area contributed by atoms with Crippen molar-refractivity contribution in [3.8, 4) is 0 Å². The van der Waals surface area contributed by atoms with E-state index in [1.807, 2.05) is 18.2 Å². The Morgan fingerprint density at radius 3 is 2.68 bits per heavy atom. The van der Waals surface area contributed by atoms with Crippen molar-refractivity contribution < 1.29 is 14.0 Å². The fraction of sp³-hybridized carbons (Fsp3) is 0.333. The van der Waals surface area contributed by atoms with E-state index in [0.717, 1.165) is 11.1 Å². The predicted molar refractivity (Wildman–Crippen MR) is 104 cm³/mol. The lowest BCUT2D eigenvalue weighted by Gasteiger charge is -2.34. The molecule has 4 rings (SSSR count). The number of rotatable bonds is 5. The van der Waals surface area contributed by atoms with Gasteiger partial charge in [0.15, 0.2) is 0 Å². The smallest absolute Gasteiger partial charge is 0.246 e. The van der Waals surface area contributed by atoms with Gasteiger partial charge in [-0.15, -0.1) is 0 Å². The molecule has 0 radical (unpaired) electrons. The van der Waals surface area contributed by atoms with Crippen LogP contribution in [0.1, 0.15) is 17.5 Å². The van der Waals surface area contributed by atoms with Crippen LogP contribution < -0.4 is 10.6 Å². The molecule has 2 saturated heterocycles. The molecule has 2 fully saturated rings. The molecule has 0 aliphatic carbocycles. The Balaban J connectivity index is 1.39. The zero-order valence-electron chi connectivity index (χ0n) is 15.2. The summed E-state index contributed by atoms with van der Waals surface area (Å²) in [4.78, 5) is 27.1. The summed E-state index contributed by atoms with van der Waals surface area (Å²) in [5.74, 6) is -0.453. The first-order valence-corrected chi connectivity index (χ1v) is 9.70. The topological polar surface area (TPSA) is 61.4 Å². The maximum Gasteiger partial charge on any atom is 0.246 e. The molecule has 2 aliphatic heterocycles. The van der Waals surface area contributed by atoms with E-state index >= 15 is 0 Å². The third-order valence-electron chi connectivity index (χ3n) is 5.34. The SMILES string of the molecule is O=C1N[C@@H](Cc2ccc(Cl)cc2)C(=O)N2C[C@@H](NCc3cccc(F)c3)C[C@@H]12. The lowest BCUT2D eigenvalue weighted by atomic mass is 10.0. The van der Waals surface area contributed by atoms with E-state index in [4.69, 9.17) is 11.6 Å². The fourth-order valence-electron chi connectivity index (χ4n) is 3.91. The number of benzene rings is 2. The lowest BCUT2D eigenvalue weighted by molar-refractivity contribution is -0.147. The van der Waals surface area contributed by atoms with Crippen LogP contribution in [0.4, 0.5) is 4.39 Å². The minimum Gasteiger partial charge on any atom is -0.342 e.